The number of hydrogen-bond acceptors (Lipinski definition) is 3. The number of fused-ring (bicyclic) bond motifs is 2. The molecule has 1 aliphatic heterocycles. The standard InChI is InChI=1S/C19H21N3O2/c1-12-3-5-16-14(11-24-19(16)13(12)2)9-18(23)21-15-4-6-17-20-7-8-22(17)10-15/h3,5,7-8,11,15H,4,6,9-10H2,1-2H3,(H,21,23)/t15-/m1/s1. The van der Waals surface area contributed by atoms with Crippen LogP contribution in [0.2, 0.25) is 0 Å². The summed E-state index contributed by atoms with van der Waals surface area (Å²) in [7, 11) is 0. The lowest BCUT2D eigenvalue weighted by atomic mass is 10.0. The maximum Gasteiger partial charge on any atom is 0.224 e. The Balaban J connectivity index is 1.46. The van der Waals surface area contributed by atoms with Crippen molar-refractivity contribution in [3.8, 4) is 0 Å². The predicted octanol–water partition coefficient (Wildman–Crippen LogP) is 2.92. The van der Waals surface area contributed by atoms with E-state index in [0.717, 1.165) is 47.3 Å². The minimum absolute atomic E-state index is 0.0458. The Kier molecular flexibility index (Phi) is 3.63. The highest BCUT2D eigenvalue weighted by molar-refractivity contribution is 5.89. The number of rotatable bonds is 3. The zero-order valence-corrected chi connectivity index (χ0v) is 14.0. The summed E-state index contributed by atoms with van der Waals surface area (Å²) in [5, 5.41) is 4.19. The SMILES string of the molecule is Cc1ccc2c(CC(=O)N[C@@H]3CCc4nccn4C3)coc2c1C. The summed E-state index contributed by atoms with van der Waals surface area (Å²) in [5.41, 5.74) is 4.17. The van der Waals surface area contributed by atoms with Crippen molar-refractivity contribution in [1.82, 2.24) is 14.9 Å². The number of benzene rings is 1. The van der Waals surface area contributed by atoms with E-state index < -0.39 is 0 Å². The highest BCUT2D eigenvalue weighted by atomic mass is 16.3. The average molecular weight is 323 g/mol. The molecule has 24 heavy (non-hydrogen) atoms. The molecular weight excluding hydrogens is 302 g/mol. The van der Waals surface area contributed by atoms with Gasteiger partial charge in [-0.25, -0.2) is 4.98 Å². The van der Waals surface area contributed by atoms with Crippen LogP contribution in [-0.2, 0) is 24.2 Å². The highest BCUT2D eigenvalue weighted by Gasteiger charge is 2.21. The van der Waals surface area contributed by atoms with Crippen molar-refractivity contribution >= 4 is 16.9 Å². The zero-order valence-electron chi connectivity index (χ0n) is 14.0. The Bertz CT molecular complexity index is 907. The molecule has 3 heterocycles. The van der Waals surface area contributed by atoms with E-state index in [9.17, 15) is 4.79 Å². The van der Waals surface area contributed by atoms with Gasteiger partial charge in [-0.3, -0.25) is 4.79 Å². The number of carbonyl (C=O) groups is 1. The van der Waals surface area contributed by atoms with Gasteiger partial charge < -0.3 is 14.3 Å². The number of imidazole rings is 1. The summed E-state index contributed by atoms with van der Waals surface area (Å²) >= 11 is 0. The summed E-state index contributed by atoms with van der Waals surface area (Å²) in [5.74, 6) is 1.15. The second-order valence-corrected chi connectivity index (χ2v) is 6.62. The number of hydrogen-bond donors (Lipinski definition) is 1. The van der Waals surface area contributed by atoms with E-state index in [0.29, 0.717) is 6.42 Å². The Labute approximate surface area is 140 Å². The molecule has 2 aromatic heterocycles. The molecule has 124 valence electrons. The Morgan fingerprint density at radius 1 is 1.42 bits per heavy atom. The van der Waals surface area contributed by atoms with Crippen molar-refractivity contribution in [2.45, 2.75) is 45.7 Å². The lowest BCUT2D eigenvalue weighted by molar-refractivity contribution is -0.121. The second kappa shape index (κ2) is 5.82. The van der Waals surface area contributed by atoms with Gasteiger partial charge in [0.2, 0.25) is 5.91 Å². The lowest BCUT2D eigenvalue weighted by Crippen LogP contribution is -2.41. The minimum Gasteiger partial charge on any atom is -0.464 e. The monoisotopic (exact) mass is 323 g/mol. The van der Waals surface area contributed by atoms with E-state index in [1.54, 1.807) is 6.26 Å². The second-order valence-electron chi connectivity index (χ2n) is 6.62. The van der Waals surface area contributed by atoms with Gasteiger partial charge in [0.15, 0.2) is 0 Å². The van der Waals surface area contributed by atoms with E-state index in [1.807, 2.05) is 18.5 Å². The van der Waals surface area contributed by atoms with Crippen LogP contribution in [0.1, 0.15) is 28.9 Å². The van der Waals surface area contributed by atoms with Gasteiger partial charge >= 0.3 is 0 Å². The van der Waals surface area contributed by atoms with Crippen molar-refractivity contribution < 1.29 is 9.21 Å². The van der Waals surface area contributed by atoms with Crippen molar-refractivity contribution in [2.75, 3.05) is 0 Å². The first-order valence-electron chi connectivity index (χ1n) is 8.37. The molecule has 0 fully saturated rings. The number of nitrogens with one attached hydrogen (secondary N) is 1. The molecule has 1 amide bonds. The largest absolute Gasteiger partial charge is 0.464 e. The summed E-state index contributed by atoms with van der Waals surface area (Å²) in [6.07, 6.45) is 7.70. The van der Waals surface area contributed by atoms with Crippen LogP contribution in [0.3, 0.4) is 0 Å². The van der Waals surface area contributed by atoms with Gasteiger partial charge in [-0.2, -0.15) is 0 Å². The van der Waals surface area contributed by atoms with Crippen molar-refractivity contribution in [1.29, 1.82) is 0 Å². The van der Waals surface area contributed by atoms with Crippen LogP contribution in [0.5, 0.6) is 0 Å². The van der Waals surface area contributed by atoms with Gasteiger partial charge in [-0.1, -0.05) is 12.1 Å². The van der Waals surface area contributed by atoms with Crippen LogP contribution >= 0.6 is 0 Å². The third-order valence-electron chi connectivity index (χ3n) is 4.99. The van der Waals surface area contributed by atoms with Gasteiger partial charge in [0.05, 0.1) is 12.7 Å². The number of aromatic nitrogens is 2. The normalized spacial score (nSPS) is 17.0. The van der Waals surface area contributed by atoms with E-state index in [1.165, 1.54) is 5.56 Å². The van der Waals surface area contributed by atoms with E-state index in [4.69, 9.17) is 4.42 Å². The molecule has 3 aromatic rings. The number of furan rings is 1. The van der Waals surface area contributed by atoms with Gasteiger partial charge in [0.1, 0.15) is 11.4 Å². The smallest absolute Gasteiger partial charge is 0.224 e. The van der Waals surface area contributed by atoms with Gasteiger partial charge in [-0.15, -0.1) is 0 Å². The highest BCUT2D eigenvalue weighted by Crippen LogP contribution is 2.26. The quantitative estimate of drug-likeness (QED) is 0.806. The Morgan fingerprint density at radius 2 is 2.29 bits per heavy atom. The third-order valence-corrected chi connectivity index (χ3v) is 4.99. The van der Waals surface area contributed by atoms with Crippen LogP contribution < -0.4 is 5.32 Å². The zero-order chi connectivity index (χ0) is 16.7. The Hall–Kier alpha value is -2.56. The molecular formula is C19H21N3O2. The molecule has 1 aliphatic rings. The number of aryl methyl sites for hydroxylation is 3. The maximum absolute atomic E-state index is 12.4. The van der Waals surface area contributed by atoms with Gasteiger partial charge in [0, 0.05) is 42.4 Å². The first-order valence-corrected chi connectivity index (χ1v) is 8.37. The molecule has 0 saturated heterocycles. The molecule has 0 unspecified atom stereocenters. The predicted molar refractivity (Wildman–Crippen MR) is 91.9 cm³/mol. The average Bonchev–Trinajstić information content (AvgIpc) is 3.18. The van der Waals surface area contributed by atoms with Crippen molar-refractivity contribution in [2.24, 2.45) is 0 Å². The molecule has 4 rings (SSSR count). The van der Waals surface area contributed by atoms with Gasteiger partial charge in [0.25, 0.3) is 0 Å². The number of carbonyl (C=O) groups excluding carboxylic acids is 1. The molecule has 0 aliphatic carbocycles. The molecule has 1 atom stereocenters. The maximum atomic E-state index is 12.4. The first-order chi connectivity index (χ1) is 11.6. The van der Waals surface area contributed by atoms with Crippen LogP contribution in [0.15, 0.2) is 35.2 Å². The molecule has 1 aromatic carbocycles. The number of nitrogens with zero attached hydrogens (tertiary/aromatic N) is 2. The van der Waals surface area contributed by atoms with E-state index in [2.05, 4.69) is 34.8 Å². The van der Waals surface area contributed by atoms with E-state index >= 15 is 0 Å². The molecule has 0 spiro atoms. The van der Waals surface area contributed by atoms with Crippen LogP contribution in [-0.4, -0.2) is 21.5 Å². The number of amides is 1. The third kappa shape index (κ3) is 2.60. The summed E-state index contributed by atoms with van der Waals surface area (Å²) in [6.45, 7) is 4.92. The first kappa shape index (κ1) is 15.0. The fraction of sp³-hybridized carbons (Fsp3) is 0.368. The van der Waals surface area contributed by atoms with Crippen LogP contribution in [0.25, 0.3) is 11.0 Å². The molecule has 0 radical (unpaired) electrons. The van der Waals surface area contributed by atoms with Crippen LogP contribution in [0.4, 0.5) is 0 Å². The fourth-order valence-electron chi connectivity index (χ4n) is 3.46. The Morgan fingerprint density at radius 3 is 3.17 bits per heavy atom. The van der Waals surface area contributed by atoms with Crippen molar-refractivity contribution in [3.05, 3.63) is 53.3 Å². The minimum atomic E-state index is 0.0458. The van der Waals surface area contributed by atoms with Crippen molar-refractivity contribution in [3.63, 3.8) is 0 Å². The fourth-order valence-corrected chi connectivity index (χ4v) is 3.46. The molecule has 0 bridgehead atoms. The lowest BCUT2D eigenvalue weighted by Gasteiger charge is -2.24. The van der Waals surface area contributed by atoms with Crippen LogP contribution in [0, 0.1) is 13.8 Å². The van der Waals surface area contributed by atoms with E-state index in [-0.39, 0.29) is 11.9 Å². The molecule has 5 nitrogen and oxygen atoms in total. The summed E-state index contributed by atoms with van der Waals surface area (Å²) < 4.78 is 7.81. The summed E-state index contributed by atoms with van der Waals surface area (Å²) in [4.78, 5) is 16.8. The molecule has 0 saturated carbocycles. The van der Waals surface area contributed by atoms with Gasteiger partial charge in [-0.05, 0) is 31.4 Å². The topological polar surface area (TPSA) is 60.1 Å². The summed E-state index contributed by atoms with van der Waals surface area (Å²) in [6, 6.07) is 4.29. The molecule has 5 heteroatoms. The molecule has 1 N–H and O–H groups in total.